The summed E-state index contributed by atoms with van der Waals surface area (Å²) in [4.78, 5) is 18.3. The lowest BCUT2D eigenvalue weighted by Crippen LogP contribution is -2.49. The lowest BCUT2D eigenvalue weighted by atomic mass is 9.77. The highest BCUT2D eigenvalue weighted by atomic mass is 19.1. The van der Waals surface area contributed by atoms with Crippen molar-refractivity contribution in [3.05, 3.63) is 41.3 Å². The molecule has 1 amide bonds. The second-order valence-corrected chi connectivity index (χ2v) is 8.27. The maximum absolute atomic E-state index is 14.1. The molecular formula is C21H27FN4O3. The van der Waals surface area contributed by atoms with E-state index in [0.29, 0.717) is 43.2 Å². The van der Waals surface area contributed by atoms with E-state index >= 15 is 0 Å². The van der Waals surface area contributed by atoms with Gasteiger partial charge >= 0.3 is 0 Å². The van der Waals surface area contributed by atoms with Crippen LogP contribution in [-0.4, -0.2) is 46.4 Å². The SMILES string of the molecule is Cc1noc(C)c1CCC(=O)N[C@H]1C[C@H]2CN(c3ccncc3F)C[C@H]2C[C@@H]1O. The summed E-state index contributed by atoms with van der Waals surface area (Å²) in [5.74, 6) is 0.954. The summed E-state index contributed by atoms with van der Waals surface area (Å²) < 4.78 is 19.2. The van der Waals surface area contributed by atoms with Crippen molar-refractivity contribution in [1.82, 2.24) is 15.5 Å². The molecule has 1 aliphatic carbocycles. The van der Waals surface area contributed by atoms with E-state index in [9.17, 15) is 14.3 Å². The van der Waals surface area contributed by atoms with E-state index in [1.54, 1.807) is 12.3 Å². The van der Waals surface area contributed by atoms with E-state index < -0.39 is 6.10 Å². The number of aromatic nitrogens is 2. The molecule has 0 radical (unpaired) electrons. The van der Waals surface area contributed by atoms with Crippen molar-refractivity contribution >= 4 is 11.6 Å². The molecule has 8 heteroatoms. The van der Waals surface area contributed by atoms with E-state index in [2.05, 4.69) is 15.5 Å². The largest absolute Gasteiger partial charge is 0.391 e. The molecule has 0 aromatic carbocycles. The van der Waals surface area contributed by atoms with Crippen LogP contribution in [0.5, 0.6) is 0 Å². The van der Waals surface area contributed by atoms with Crippen LogP contribution < -0.4 is 10.2 Å². The highest BCUT2D eigenvalue weighted by Crippen LogP contribution is 2.39. The first kappa shape index (κ1) is 19.8. The topological polar surface area (TPSA) is 91.5 Å². The van der Waals surface area contributed by atoms with Gasteiger partial charge in [0, 0.05) is 31.3 Å². The lowest BCUT2D eigenvalue weighted by molar-refractivity contribution is -0.123. The van der Waals surface area contributed by atoms with Crippen LogP contribution >= 0.6 is 0 Å². The average Bonchev–Trinajstić information content (AvgIpc) is 3.23. The smallest absolute Gasteiger partial charge is 0.220 e. The zero-order valence-corrected chi connectivity index (χ0v) is 16.8. The second-order valence-electron chi connectivity index (χ2n) is 8.27. The molecular weight excluding hydrogens is 375 g/mol. The fourth-order valence-electron chi connectivity index (χ4n) is 4.78. The summed E-state index contributed by atoms with van der Waals surface area (Å²) >= 11 is 0. The van der Waals surface area contributed by atoms with Gasteiger partial charge in [-0.3, -0.25) is 9.78 Å². The molecule has 2 aromatic heterocycles. The van der Waals surface area contributed by atoms with E-state index in [1.165, 1.54) is 6.20 Å². The van der Waals surface area contributed by atoms with Crippen molar-refractivity contribution in [3.63, 3.8) is 0 Å². The Morgan fingerprint density at radius 3 is 2.79 bits per heavy atom. The van der Waals surface area contributed by atoms with Gasteiger partial charge in [0.25, 0.3) is 0 Å². The second kappa shape index (κ2) is 8.10. The predicted octanol–water partition coefficient (Wildman–Crippen LogP) is 2.15. The molecule has 29 heavy (non-hydrogen) atoms. The molecule has 2 aromatic rings. The van der Waals surface area contributed by atoms with Crippen LogP contribution in [0.3, 0.4) is 0 Å². The van der Waals surface area contributed by atoms with E-state index in [-0.39, 0.29) is 17.8 Å². The number of aliphatic hydroxyl groups is 1. The van der Waals surface area contributed by atoms with Gasteiger partial charge < -0.3 is 19.8 Å². The van der Waals surface area contributed by atoms with Crippen LogP contribution in [0.1, 0.15) is 36.3 Å². The highest BCUT2D eigenvalue weighted by Gasteiger charge is 2.42. The first-order valence-corrected chi connectivity index (χ1v) is 10.2. The molecule has 0 spiro atoms. The molecule has 0 unspecified atom stereocenters. The molecule has 7 nitrogen and oxygen atoms in total. The van der Waals surface area contributed by atoms with Gasteiger partial charge in [-0.2, -0.15) is 0 Å². The fourth-order valence-corrected chi connectivity index (χ4v) is 4.78. The summed E-state index contributed by atoms with van der Waals surface area (Å²) in [6, 6.07) is 1.42. The van der Waals surface area contributed by atoms with Crippen LogP contribution in [0.25, 0.3) is 0 Å². The number of aliphatic hydroxyl groups excluding tert-OH is 1. The molecule has 1 aliphatic heterocycles. The Kier molecular flexibility index (Phi) is 5.54. The third-order valence-electron chi connectivity index (χ3n) is 6.36. The van der Waals surface area contributed by atoms with Gasteiger partial charge in [-0.25, -0.2) is 4.39 Å². The van der Waals surface area contributed by atoms with E-state index in [1.807, 2.05) is 18.7 Å². The van der Waals surface area contributed by atoms with Gasteiger partial charge in [0.2, 0.25) is 5.91 Å². The number of fused-ring (bicyclic) bond motifs is 1. The Morgan fingerprint density at radius 1 is 1.34 bits per heavy atom. The minimum Gasteiger partial charge on any atom is -0.391 e. The first-order valence-electron chi connectivity index (χ1n) is 10.2. The minimum atomic E-state index is -0.582. The van der Waals surface area contributed by atoms with Crippen molar-refractivity contribution in [2.75, 3.05) is 18.0 Å². The molecule has 2 fully saturated rings. The molecule has 156 valence electrons. The zero-order valence-electron chi connectivity index (χ0n) is 16.8. The first-order chi connectivity index (χ1) is 13.9. The summed E-state index contributed by atoms with van der Waals surface area (Å²) in [5.41, 5.74) is 2.34. The van der Waals surface area contributed by atoms with E-state index in [4.69, 9.17) is 4.52 Å². The Balaban J connectivity index is 1.33. The van der Waals surface area contributed by atoms with Crippen molar-refractivity contribution in [2.24, 2.45) is 11.8 Å². The number of carbonyl (C=O) groups excluding carboxylic acids is 1. The molecule has 2 N–H and O–H groups in total. The maximum Gasteiger partial charge on any atom is 0.220 e. The predicted molar refractivity (Wildman–Crippen MR) is 105 cm³/mol. The number of anilines is 1. The molecule has 0 bridgehead atoms. The van der Waals surface area contributed by atoms with Crippen molar-refractivity contribution < 1.29 is 18.8 Å². The molecule has 1 saturated heterocycles. The van der Waals surface area contributed by atoms with Crippen LogP contribution in [0.4, 0.5) is 10.1 Å². The van der Waals surface area contributed by atoms with Crippen molar-refractivity contribution in [2.45, 2.75) is 51.7 Å². The highest BCUT2D eigenvalue weighted by molar-refractivity contribution is 5.76. The van der Waals surface area contributed by atoms with Gasteiger partial charge in [0.05, 0.1) is 29.7 Å². The quantitative estimate of drug-likeness (QED) is 0.796. The molecule has 2 aliphatic rings. The van der Waals surface area contributed by atoms with Gasteiger partial charge in [-0.05, 0) is 51.0 Å². The van der Waals surface area contributed by atoms with Crippen molar-refractivity contribution in [1.29, 1.82) is 0 Å². The average molecular weight is 402 g/mol. The lowest BCUT2D eigenvalue weighted by Gasteiger charge is -2.35. The van der Waals surface area contributed by atoms with Gasteiger partial charge in [0.1, 0.15) is 5.76 Å². The minimum absolute atomic E-state index is 0.0810. The number of nitrogens with zero attached hydrogens (tertiary/aromatic N) is 3. The third kappa shape index (κ3) is 4.12. The van der Waals surface area contributed by atoms with E-state index in [0.717, 1.165) is 30.1 Å². The summed E-state index contributed by atoms with van der Waals surface area (Å²) in [5, 5.41) is 17.5. The number of carbonyl (C=O) groups is 1. The molecule has 4 rings (SSSR count). The molecule has 4 atom stereocenters. The number of aryl methyl sites for hydroxylation is 2. The Bertz CT molecular complexity index is 867. The number of halogens is 1. The summed E-state index contributed by atoms with van der Waals surface area (Å²) in [6.45, 7) is 5.15. The monoisotopic (exact) mass is 402 g/mol. The van der Waals surface area contributed by atoms with Crippen LogP contribution in [0.15, 0.2) is 23.0 Å². The standard InChI is InChI=1S/C21H27FN4O3/c1-12-16(13(2)29-25-12)3-4-21(28)24-18-7-14-10-26(11-15(14)8-20(18)27)19-5-6-23-9-17(19)22/h5-6,9,14-15,18,20,27H,3-4,7-8,10-11H2,1-2H3,(H,24,28)/t14-,15+,18-,20-/m0/s1. The summed E-state index contributed by atoms with van der Waals surface area (Å²) in [6.07, 6.45) is 4.45. The van der Waals surface area contributed by atoms with Gasteiger partial charge in [-0.1, -0.05) is 5.16 Å². The summed E-state index contributed by atoms with van der Waals surface area (Å²) in [7, 11) is 0. The Hall–Kier alpha value is -2.48. The number of amides is 1. The molecule has 1 saturated carbocycles. The third-order valence-corrected chi connectivity index (χ3v) is 6.36. The van der Waals surface area contributed by atoms with Crippen LogP contribution in [0.2, 0.25) is 0 Å². The molecule has 3 heterocycles. The zero-order chi connectivity index (χ0) is 20.5. The van der Waals surface area contributed by atoms with Gasteiger partial charge in [0.15, 0.2) is 5.82 Å². The number of pyridine rings is 1. The number of nitrogens with one attached hydrogen (secondary N) is 1. The van der Waals surface area contributed by atoms with Crippen molar-refractivity contribution in [3.8, 4) is 0 Å². The maximum atomic E-state index is 14.1. The van der Waals surface area contributed by atoms with Crippen LogP contribution in [-0.2, 0) is 11.2 Å². The Morgan fingerprint density at radius 2 is 2.10 bits per heavy atom. The van der Waals surface area contributed by atoms with Crippen LogP contribution in [0, 0.1) is 31.5 Å². The number of rotatable bonds is 5. The number of hydrogen-bond acceptors (Lipinski definition) is 6. The normalized spacial score (nSPS) is 26.4. The van der Waals surface area contributed by atoms with Gasteiger partial charge in [-0.15, -0.1) is 0 Å². The fraction of sp³-hybridized carbons (Fsp3) is 0.571. The number of hydrogen-bond donors (Lipinski definition) is 2. The Labute approximate surface area is 169 Å².